The predicted octanol–water partition coefficient (Wildman–Crippen LogP) is -0.978. The second-order valence-corrected chi connectivity index (χ2v) is 1.76. The number of nitrogens with zero attached hydrogens (tertiary/aromatic N) is 2. The van der Waals surface area contributed by atoms with Gasteiger partial charge in [-0.15, -0.1) is 0 Å². The van der Waals surface area contributed by atoms with Crippen LogP contribution in [0.2, 0.25) is 0 Å². The van der Waals surface area contributed by atoms with Crippen molar-refractivity contribution in [3.05, 3.63) is 22.1 Å². The fraction of sp³-hybridized carbons (Fsp3) is 0.250. The zero-order valence-corrected chi connectivity index (χ0v) is 5.07. The Morgan fingerprint density at radius 2 is 2.60 bits per heavy atom. The van der Waals surface area contributed by atoms with Crippen molar-refractivity contribution in [2.45, 2.75) is 0 Å². The molecular weight excluding hydrogens is 136 g/mol. The van der Waals surface area contributed by atoms with Crippen LogP contribution in [0.4, 0.5) is 0 Å². The van der Waals surface area contributed by atoms with E-state index in [-0.39, 0.29) is 5.82 Å². The summed E-state index contributed by atoms with van der Waals surface area (Å²) in [5, 5.41) is 12.5. The summed E-state index contributed by atoms with van der Waals surface area (Å²) in [5.74, 6) is 0.579. The number of rotatable bonds is 1. The molecule has 0 aliphatic carbocycles. The molecule has 0 spiro atoms. The van der Waals surface area contributed by atoms with Crippen molar-refractivity contribution in [2.24, 2.45) is 10.7 Å². The molecule has 6 nitrogen and oxygen atoms in total. The van der Waals surface area contributed by atoms with E-state index in [4.69, 9.17) is 5.73 Å². The monoisotopic (exact) mass is 142 g/mol. The summed E-state index contributed by atoms with van der Waals surface area (Å²) in [6, 6.07) is 0. The van der Waals surface area contributed by atoms with Crippen LogP contribution in [0.1, 0.15) is 0 Å². The maximum absolute atomic E-state index is 9.84. The third-order valence-corrected chi connectivity index (χ3v) is 0.942. The van der Waals surface area contributed by atoms with Gasteiger partial charge in [0, 0.05) is 0 Å². The van der Waals surface area contributed by atoms with Crippen LogP contribution in [0, 0.1) is 10.1 Å². The van der Waals surface area contributed by atoms with Gasteiger partial charge in [-0.05, 0) is 0 Å². The first-order chi connectivity index (χ1) is 4.68. The summed E-state index contributed by atoms with van der Waals surface area (Å²) in [6.07, 6.45) is 0.778. The molecule has 10 heavy (non-hydrogen) atoms. The van der Waals surface area contributed by atoms with E-state index in [1.54, 1.807) is 0 Å². The van der Waals surface area contributed by atoms with Crippen LogP contribution in [0.3, 0.4) is 0 Å². The normalized spacial score (nSPS) is 20.4. The van der Waals surface area contributed by atoms with E-state index in [9.17, 15) is 10.1 Å². The first kappa shape index (κ1) is 6.53. The molecule has 6 heteroatoms. The molecule has 1 aliphatic heterocycles. The first-order valence-corrected chi connectivity index (χ1v) is 2.61. The number of nitrogens with two attached hydrogens (primary N) is 1. The smallest absolute Gasteiger partial charge is 0.276 e. The van der Waals surface area contributed by atoms with E-state index >= 15 is 0 Å². The van der Waals surface area contributed by atoms with Gasteiger partial charge >= 0.3 is 0 Å². The largest absolute Gasteiger partial charge is 0.386 e. The van der Waals surface area contributed by atoms with Gasteiger partial charge in [0.1, 0.15) is 5.84 Å². The Hall–Kier alpha value is -1.59. The fourth-order valence-electron chi connectivity index (χ4n) is 0.589. The van der Waals surface area contributed by atoms with Crippen molar-refractivity contribution in [1.29, 1.82) is 0 Å². The molecule has 0 saturated carbocycles. The molecule has 0 amide bonds. The zero-order chi connectivity index (χ0) is 7.56. The Morgan fingerprint density at radius 3 is 3.00 bits per heavy atom. The van der Waals surface area contributed by atoms with Gasteiger partial charge in [0.05, 0.1) is 11.5 Å². The molecule has 1 heterocycles. The molecule has 0 aromatic carbocycles. The van der Waals surface area contributed by atoms with Crippen LogP contribution in [-0.4, -0.2) is 17.3 Å². The summed E-state index contributed by atoms with van der Waals surface area (Å²) in [7, 11) is 0. The molecule has 0 aromatic heterocycles. The second kappa shape index (κ2) is 2.34. The van der Waals surface area contributed by atoms with Crippen molar-refractivity contribution in [3.8, 4) is 0 Å². The topological polar surface area (TPSA) is 93.5 Å². The van der Waals surface area contributed by atoms with Gasteiger partial charge in [-0.25, -0.2) is 4.99 Å². The Bertz CT molecular complexity index is 219. The van der Waals surface area contributed by atoms with Gasteiger partial charge < -0.3 is 11.1 Å². The standard InChI is InChI=1S/C4H6N4O2/c5-3-1-6-4(7-3)2-8(9)10/h2,6H,1H2,(H2,5,7). The van der Waals surface area contributed by atoms with E-state index in [2.05, 4.69) is 10.3 Å². The highest BCUT2D eigenvalue weighted by atomic mass is 16.6. The summed E-state index contributed by atoms with van der Waals surface area (Å²) in [4.78, 5) is 12.9. The van der Waals surface area contributed by atoms with Crippen LogP contribution in [0.5, 0.6) is 0 Å². The fourth-order valence-corrected chi connectivity index (χ4v) is 0.589. The van der Waals surface area contributed by atoms with E-state index in [1.807, 2.05) is 0 Å². The molecule has 0 unspecified atom stereocenters. The van der Waals surface area contributed by atoms with Crippen LogP contribution >= 0.6 is 0 Å². The second-order valence-electron chi connectivity index (χ2n) is 1.76. The Balaban J connectivity index is 2.68. The number of nitrogens with one attached hydrogen (secondary N) is 1. The van der Waals surface area contributed by atoms with Crippen molar-refractivity contribution < 1.29 is 4.92 Å². The quantitative estimate of drug-likeness (QED) is 0.363. The lowest BCUT2D eigenvalue weighted by atomic mass is 10.6. The highest BCUT2D eigenvalue weighted by Crippen LogP contribution is 1.96. The van der Waals surface area contributed by atoms with Crippen molar-refractivity contribution in [2.75, 3.05) is 6.54 Å². The van der Waals surface area contributed by atoms with E-state index in [0.29, 0.717) is 12.4 Å². The molecule has 1 aliphatic rings. The van der Waals surface area contributed by atoms with E-state index < -0.39 is 4.92 Å². The lowest BCUT2D eigenvalue weighted by Crippen LogP contribution is -2.19. The molecule has 0 saturated heterocycles. The Kier molecular flexibility index (Phi) is 1.53. The van der Waals surface area contributed by atoms with Crippen LogP contribution in [-0.2, 0) is 0 Å². The third-order valence-electron chi connectivity index (χ3n) is 0.942. The average molecular weight is 142 g/mol. The lowest BCUT2D eigenvalue weighted by Gasteiger charge is -1.87. The molecule has 0 atom stereocenters. The van der Waals surface area contributed by atoms with Crippen LogP contribution in [0.15, 0.2) is 17.0 Å². The number of amidine groups is 1. The SMILES string of the molecule is NC1=NC(=C[N+](=O)[O-])NC1. The number of hydrogen-bond donors (Lipinski definition) is 2. The number of nitro groups is 1. The van der Waals surface area contributed by atoms with Crippen molar-refractivity contribution in [1.82, 2.24) is 5.32 Å². The highest BCUT2D eigenvalue weighted by Gasteiger charge is 2.08. The number of aliphatic imine (C=N–C) groups is 1. The molecule has 0 radical (unpaired) electrons. The molecule has 0 aromatic rings. The van der Waals surface area contributed by atoms with Gasteiger partial charge in [-0.3, -0.25) is 10.1 Å². The van der Waals surface area contributed by atoms with Gasteiger partial charge in [-0.2, -0.15) is 0 Å². The molecular formula is C4H6N4O2. The summed E-state index contributed by atoms with van der Waals surface area (Å²) in [6.45, 7) is 0.389. The molecule has 3 N–H and O–H groups in total. The number of hydrogen-bond acceptors (Lipinski definition) is 5. The lowest BCUT2D eigenvalue weighted by molar-refractivity contribution is -0.403. The van der Waals surface area contributed by atoms with Crippen molar-refractivity contribution >= 4 is 5.84 Å². The van der Waals surface area contributed by atoms with Gasteiger partial charge in [0.15, 0.2) is 5.82 Å². The van der Waals surface area contributed by atoms with E-state index in [1.165, 1.54) is 0 Å². The summed E-state index contributed by atoms with van der Waals surface area (Å²) >= 11 is 0. The Labute approximate surface area is 56.6 Å². The molecule has 1 rings (SSSR count). The zero-order valence-electron chi connectivity index (χ0n) is 5.07. The van der Waals surface area contributed by atoms with Gasteiger partial charge in [0.2, 0.25) is 0 Å². The Morgan fingerprint density at radius 1 is 1.90 bits per heavy atom. The average Bonchev–Trinajstić information content (AvgIpc) is 2.13. The van der Waals surface area contributed by atoms with Gasteiger partial charge in [-0.1, -0.05) is 0 Å². The van der Waals surface area contributed by atoms with Crippen LogP contribution < -0.4 is 11.1 Å². The first-order valence-electron chi connectivity index (χ1n) is 2.61. The predicted molar refractivity (Wildman–Crippen MR) is 34.7 cm³/mol. The van der Waals surface area contributed by atoms with Crippen LogP contribution in [0.25, 0.3) is 0 Å². The van der Waals surface area contributed by atoms with E-state index in [0.717, 1.165) is 6.20 Å². The summed E-state index contributed by atoms with van der Waals surface area (Å²) in [5.41, 5.74) is 5.22. The maximum Gasteiger partial charge on any atom is 0.276 e. The van der Waals surface area contributed by atoms with Gasteiger partial charge in [0.25, 0.3) is 6.20 Å². The molecule has 54 valence electrons. The third kappa shape index (κ3) is 1.44. The maximum atomic E-state index is 9.84. The molecule has 0 fully saturated rings. The summed E-state index contributed by atoms with van der Waals surface area (Å²) < 4.78 is 0. The minimum atomic E-state index is -0.579. The molecule has 0 bridgehead atoms. The minimum absolute atomic E-state index is 0.211. The minimum Gasteiger partial charge on any atom is -0.386 e. The highest BCUT2D eigenvalue weighted by molar-refractivity contribution is 5.85. The van der Waals surface area contributed by atoms with Crippen molar-refractivity contribution in [3.63, 3.8) is 0 Å².